The first-order valence-electron chi connectivity index (χ1n) is 14.6. The Morgan fingerprint density at radius 1 is 0.976 bits per heavy atom. The summed E-state index contributed by atoms with van der Waals surface area (Å²) in [6.07, 6.45) is 4.51. The van der Waals surface area contributed by atoms with E-state index < -0.39 is 29.8 Å². The van der Waals surface area contributed by atoms with Crippen LogP contribution in [0.25, 0.3) is 0 Å². The molecule has 0 aliphatic carbocycles. The number of phenolic OH excluding ortho intramolecular Hbond substituents is 1. The molecule has 11 heteroatoms. The van der Waals surface area contributed by atoms with Crippen molar-refractivity contribution < 1.29 is 29.0 Å². The van der Waals surface area contributed by atoms with E-state index in [1.165, 1.54) is 29.9 Å². The zero-order chi connectivity index (χ0) is 29.9. The number of phenols is 1. The maximum atomic E-state index is 13.4. The van der Waals surface area contributed by atoms with Gasteiger partial charge in [0.2, 0.25) is 17.7 Å². The summed E-state index contributed by atoms with van der Waals surface area (Å²) >= 11 is 0. The number of rotatable bonds is 6. The van der Waals surface area contributed by atoms with Gasteiger partial charge < -0.3 is 35.6 Å². The van der Waals surface area contributed by atoms with Crippen LogP contribution in [0.4, 0.5) is 0 Å². The lowest BCUT2D eigenvalue weighted by atomic mass is 10.0. The lowest BCUT2D eigenvalue weighted by Gasteiger charge is -2.27. The first kappa shape index (κ1) is 30.8. The molecule has 0 aromatic heterocycles. The third kappa shape index (κ3) is 8.94. The van der Waals surface area contributed by atoms with Gasteiger partial charge in [0.15, 0.2) is 0 Å². The predicted octanol–water partition coefficient (Wildman–Crippen LogP) is 1.45. The minimum absolute atomic E-state index is 0.0927. The predicted molar refractivity (Wildman–Crippen MR) is 157 cm³/mol. The number of carbonyl (C=O) groups excluding carboxylic acids is 4. The molecule has 0 unspecified atom stereocenters. The quantitative estimate of drug-likeness (QED) is 0.406. The van der Waals surface area contributed by atoms with Crippen LogP contribution in [-0.4, -0.2) is 97.0 Å². The van der Waals surface area contributed by atoms with Crippen molar-refractivity contribution in [2.75, 3.05) is 46.4 Å². The van der Waals surface area contributed by atoms with Crippen molar-refractivity contribution in [3.63, 3.8) is 0 Å². The Balaban J connectivity index is 1.52. The maximum absolute atomic E-state index is 13.4. The van der Waals surface area contributed by atoms with E-state index in [4.69, 9.17) is 4.74 Å². The number of benzene rings is 2. The van der Waals surface area contributed by atoms with E-state index in [2.05, 4.69) is 20.9 Å². The fourth-order valence-electron chi connectivity index (χ4n) is 5.22. The molecule has 4 rings (SSSR count). The van der Waals surface area contributed by atoms with Crippen LogP contribution in [0.15, 0.2) is 48.5 Å². The minimum atomic E-state index is -1.17. The van der Waals surface area contributed by atoms with Gasteiger partial charge in [-0.1, -0.05) is 37.1 Å². The number of hydrogen-bond acceptors (Lipinski definition) is 7. The standard InChI is InChI=1S/C31H41N5O6/c1-35-18-19-42-27-9-5-4-8-24(27)29(39)34-25(30(40)32-14-17-36-15-6-2-3-7-16-36)21-28(38)33-26(31(35)41)20-22-10-12-23(37)13-11-22/h4-5,8-13,25-26,37H,2-3,6-7,14-21H2,1H3,(H,32,40)(H,33,38)(H,34,39)/t25-,26-/m0/s1. The highest BCUT2D eigenvalue weighted by atomic mass is 16.5. The van der Waals surface area contributed by atoms with Crippen LogP contribution in [0.2, 0.25) is 0 Å². The first-order valence-corrected chi connectivity index (χ1v) is 14.6. The molecule has 42 heavy (non-hydrogen) atoms. The van der Waals surface area contributed by atoms with Crippen molar-refractivity contribution in [2.24, 2.45) is 0 Å². The highest BCUT2D eigenvalue weighted by Gasteiger charge is 2.30. The van der Waals surface area contributed by atoms with Crippen molar-refractivity contribution in [3.8, 4) is 11.5 Å². The number of fused-ring (bicyclic) bond motifs is 1. The van der Waals surface area contributed by atoms with Crippen LogP contribution in [0.1, 0.15) is 48.0 Å². The van der Waals surface area contributed by atoms with Gasteiger partial charge in [-0.2, -0.15) is 0 Å². The zero-order valence-electron chi connectivity index (χ0n) is 24.1. The van der Waals surface area contributed by atoms with Crippen molar-refractivity contribution in [1.29, 1.82) is 0 Å². The van der Waals surface area contributed by atoms with Crippen LogP contribution in [0.5, 0.6) is 11.5 Å². The molecule has 2 atom stereocenters. The molecule has 0 radical (unpaired) electrons. The summed E-state index contributed by atoms with van der Waals surface area (Å²) in [7, 11) is 1.62. The van der Waals surface area contributed by atoms with Gasteiger partial charge in [-0.3, -0.25) is 19.2 Å². The third-order valence-electron chi connectivity index (χ3n) is 7.64. The number of nitrogens with one attached hydrogen (secondary N) is 3. The van der Waals surface area contributed by atoms with Crippen molar-refractivity contribution >= 4 is 23.6 Å². The smallest absolute Gasteiger partial charge is 0.255 e. The second-order valence-electron chi connectivity index (χ2n) is 10.9. The average molecular weight is 580 g/mol. The van der Waals surface area contributed by atoms with Gasteiger partial charge in [0, 0.05) is 26.6 Å². The van der Waals surface area contributed by atoms with Crippen LogP contribution in [0.3, 0.4) is 0 Å². The SMILES string of the molecule is CN1CCOc2ccccc2C(=O)N[C@H](C(=O)NCCN2CCCCCC2)CC(=O)N[C@@H](Cc2ccc(O)cc2)C1=O. The van der Waals surface area contributed by atoms with Crippen LogP contribution < -0.4 is 20.7 Å². The summed E-state index contributed by atoms with van der Waals surface area (Å²) < 4.78 is 5.87. The second kappa shape index (κ2) is 15.2. The Hall–Kier alpha value is -4.12. The van der Waals surface area contributed by atoms with Crippen LogP contribution in [0, 0.1) is 0 Å². The molecule has 2 heterocycles. The van der Waals surface area contributed by atoms with Crippen LogP contribution in [-0.2, 0) is 20.8 Å². The van der Waals surface area contributed by atoms with Gasteiger partial charge in [0.1, 0.15) is 30.2 Å². The molecule has 0 spiro atoms. The summed E-state index contributed by atoms with van der Waals surface area (Å²) in [4.78, 5) is 57.1. The van der Waals surface area contributed by atoms with E-state index in [1.54, 1.807) is 43.4 Å². The van der Waals surface area contributed by atoms with E-state index in [0.29, 0.717) is 18.8 Å². The molecular formula is C31H41N5O6. The molecule has 2 aliphatic rings. The lowest BCUT2D eigenvalue weighted by molar-refractivity contribution is -0.136. The summed E-state index contributed by atoms with van der Waals surface area (Å²) in [6, 6.07) is 11.0. The Labute approximate surface area is 246 Å². The number of aromatic hydroxyl groups is 1. The normalized spacial score (nSPS) is 21.2. The number of ether oxygens (including phenoxy) is 1. The minimum Gasteiger partial charge on any atom is -0.508 e. The number of carbonyl (C=O) groups is 4. The molecule has 2 aromatic carbocycles. The first-order chi connectivity index (χ1) is 20.3. The van der Waals surface area contributed by atoms with Gasteiger partial charge in [0.25, 0.3) is 5.91 Å². The molecular weight excluding hydrogens is 538 g/mol. The fourth-order valence-corrected chi connectivity index (χ4v) is 5.22. The van der Waals surface area contributed by atoms with Crippen molar-refractivity contribution in [3.05, 3.63) is 59.7 Å². The van der Waals surface area contributed by atoms with E-state index in [-0.39, 0.29) is 43.2 Å². The molecule has 4 amide bonds. The number of likely N-dealkylation sites (tertiary alicyclic amines) is 1. The lowest BCUT2D eigenvalue weighted by Crippen LogP contribution is -2.53. The summed E-state index contributed by atoms with van der Waals surface area (Å²) in [5.41, 5.74) is 0.971. The second-order valence-corrected chi connectivity index (χ2v) is 10.9. The molecule has 1 fully saturated rings. The Morgan fingerprint density at radius 3 is 2.43 bits per heavy atom. The van der Waals surface area contributed by atoms with Gasteiger partial charge in [-0.05, 0) is 55.8 Å². The number of nitrogens with zero attached hydrogens (tertiary/aromatic N) is 2. The van der Waals surface area contributed by atoms with Crippen molar-refractivity contribution in [2.45, 2.75) is 50.6 Å². The largest absolute Gasteiger partial charge is 0.508 e. The topological polar surface area (TPSA) is 140 Å². The molecule has 0 bridgehead atoms. The van der Waals surface area contributed by atoms with Gasteiger partial charge in [-0.25, -0.2) is 0 Å². The summed E-state index contributed by atoms with van der Waals surface area (Å²) in [5.74, 6) is -1.47. The van der Waals surface area contributed by atoms with Crippen molar-refractivity contribution in [1.82, 2.24) is 25.8 Å². The molecule has 4 N–H and O–H groups in total. The summed E-state index contributed by atoms with van der Waals surface area (Å²) in [5, 5.41) is 18.0. The highest BCUT2D eigenvalue weighted by Crippen LogP contribution is 2.19. The fraction of sp³-hybridized carbons (Fsp3) is 0.484. The monoisotopic (exact) mass is 579 g/mol. The molecule has 226 valence electrons. The molecule has 11 nitrogen and oxygen atoms in total. The van der Waals surface area contributed by atoms with E-state index >= 15 is 0 Å². The molecule has 0 saturated carbocycles. The Kier molecular flexibility index (Phi) is 11.2. The Bertz CT molecular complexity index is 1230. The van der Waals surface area contributed by atoms with E-state index in [9.17, 15) is 24.3 Å². The van der Waals surface area contributed by atoms with Gasteiger partial charge in [0.05, 0.1) is 18.5 Å². The maximum Gasteiger partial charge on any atom is 0.255 e. The zero-order valence-corrected chi connectivity index (χ0v) is 24.1. The molecule has 1 saturated heterocycles. The number of hydrogen-bond donors (Lipinski definition) is 4. The number of amides is 4. The highest BCUT2D eigenvalue weighted by molar-refractivity contribution is 6.01. The third-order valence-corrected chi connectivity index (χ3v) is 7.64. The van der Waals surface area contributed by atoms with E-state index in [1.807, 2.05) is 0 Å². The van der Waals surface area contributed by atoms with Crippen LogP contribution >= 0.6 is 0 Å². The van der Waals surface area contributed by atoms with Gasteiger partial charge >= 0.3 is 0 Å². The van der Waals surface area contributed by atoms with E-state index in [0.717, 1.165) is 31.5 Å². The average Bonchev–Trinajstić information content (AvgIpc) is 3.25. The Morgan fingerprint density at radius 2 is 1.69 bits per heavy atom. The molecule has 2 aliphatic heterocycles. The number of para-hydroxylation sites is 1. The van der Waals surface area contributed by atoms with Gasteiger partial charge in [-0.15, -0.1) is 0 Å². The number of likely N-dealkylation sites (N-methyl/N-ethyl adjacent to an activating group) is 1. The molecule has 2 aromatic rings. The summed E-state index contributed by atoms with van der Waals surface area (Å²) in [6.45, 7) is 3.38.